The second-order valence-corrected chi connectivity index (χ2v) is 8.59. The third kappa shape index (κ3) is 4.62. The van der Waals surface area contributed by atoms with Crippen LogP contribution in [0, 0.1) is 11.3 Å². The van der Waals surface area contributed by atoms with Crippen LogP contribution in [0.3, 0.4) is 0 Å². The van der Waals surface area contributed by atoms with Gasteiger partial charge in [-0.1, -0.05) is 64.8 Å². The summed E-state index contributed by atoms with van der Waals surface area (Å²) in [6, 6.07) is 19.7. The summed E-state index contributed by atoms with van der Waals surface area (Å²) in [5.74, 6) is 0.477. The molecule has 1 N–H and O–H groups in total. The number of anilines is 2. The zero-order valence-electron chi connectivity index (χ0n) is 18.5. The topological polar surface area (TPSA) is 88.6 Å². The van der Waals surface area contributed by atoms with Crippen LogP contribution in [0.2, 0.25) is 10.0 Å². The Bertz CT molecular complexity index is 1560. The third-order valence-corrected chi connectivity index (χ3v) is 6.20. The highest BCUT2D eigenvalue weighted by Gasteiger charge is 2.14. The molecular weight excluding hydrogens is 483 g/mol. The number of benzene rings is 3. The summed E-state index contributed by atoms with van der Waals surface area (Å²) in [6.45, 7) is 0.656. The fourth-order valence-electron chi connectivity index (χ4n) is 3.82. The molecule has 0 radical (unpaired) electrons. The molecule has 9 heteroatoms. The lowest BCUT2D eigenvalue weighted by Crippen LogP contribution is -2.00. The number of nitrogens with one attached hydrogen (secondary N) is 1. The van der Waals surface area contributed by atoms with Crippen LogP contribution in [-0.4, -0.2) is 27.1 Å². The molecule has 2 heterocycles. The molecule has 5 rings (SSSR count). The van der Waals surface area contributed by atoms with Crippen LogP contribution in [0.5, 0.6) is 5.75 Å². The highest BCUT2D eigenvalue weighted by atomic mass is 35.5. The number of rotatable bonds is 6. The van der Waals surface area contributed by atoms with Crippen molar-refractivity contribution < 1.29 is 4.74 Å². The highest BCUT2D eigenvalue weighted by Crippen LogP contribution is 2.38. The number of aromatic nitrogens is 4. The number of hydrogen-bond donors (Lipinski definition) is 1. The van der Waals surface area contributed by atoms with E-state index < -0.39 is 0 Å². The molecule has 5 aromatic rings. The van der Waals surface area contributed by atoms with Gasteiger partial charge in [0, 0.05) is 23.8 Å². The molecular formula is C26H18Cl2N6O. The van der Waals surface area contributed by atoms with Crippen LogP contribution in [0.15, 0.2) is 73.2 Å². The van der Waals surface area contributed by atoms with E-state index >= 15 is 0 Å². The molecule has 35 heavy (non-hydrogen) atoms. The Hall–Kier alpha value is -4.12. The number of methoxy groups -OCH3 is 1. The van der Waals surface area contributed by atoms with E-state index in [1.165, 1.54) is 7.11 Å². The fraction of sp³-hybridized carbons (Fsp3) is 0.0769. The minimum absolute atomic E-state index is 0.396. The van der Waals surface area contributed by atoms with E-state index in [0.717, 1.165) is 27.6 Å². The molecule has 0 saturated heterocycles. The van der Waals surface area contributed by atoms with E-state index in [1.54, 1.807) is 29.2 Å². The molecule has 0 unspecified atom stereocenters. The number of pyridine rings is 1. The summed E-state index contributed by atoms with van der Waals surface area (Å²) in [6.07, 6.45) is 5.04. The number of hydrogen-bond acceptors (Lipinski definition) is 6. The monoisotopic (exact) mass is 500 g/mol. The molecule has 172 valence electrons. The molecule has 0 amide bonds. The van der Waals surface area contributed by atoms with E-state index in [0.29, 0.717) is 39.3 Å². The average molecular weight is 501 g/mol. The lowest BCUT2D eigenvalue weighted by Gasteiger charge is -2.15. The van der Waals surface area contributed by atoms with Crippen LogP contribution in [0.4, 0.5) is 11.4 Å². The summed E-state index contributed by atoms with van der Waals surface area (Å²) in [7, 11) is 1.53. The average Bonchev–Trinajstić information content (AvgIpc) is 3.39. The first-order valence-electron chi connectivity index (χ1n) is 10.6. The Labute approximate surface area is 211 Å². The Morgan fingerprint density at radius 1 is 1.03 bits per heavy atom. The Kier molecular flexibility index (Phi) is 6.23. The third-order valence-electron chi connectivity index (χ3n) is 5.59. The van der Waals surface area contributed by atoms with Gasteiger partial charge in [-0.25, -0.2) is 4.68 Å². The normalized spacial score (nSPS) is 10.8. The predicted octanol–water partition coefficient (Wildman–Crippen LogP) is 6.47. The standard InChI is InChI=1S/C26H18Cl2N6O/c1-35-25-12-24(21(27)11-22(25)28)32-26-19(13-29)14-30-23-10-18(6-7-20(23)26)17-4-2-16(3-5-17)15-34-9-8-31-33-34/h2-12,14H,15H2,1H3,(H,30,32). The van der Waals surface area contributed by atoms with Crippen molar-refractivity contribution in [3.05, 3.63) is 94.4 Å². The SMILES string of the molecule is COc1cc(Nc2c(C#N)cnc3cc(-c4ccc(Cn5ccnn5)cc4)ccc23)c(Cl)cc1Cl. The molecule has 0 bridgehead atoms. The zero-order valence-corrected chi connectivity index (χ0v) is 20.0. The molecule has 0 atom stereocenters. The lowest BCUT2D eigenvalue weighted by atomic mass is 10.0. The molecule has 0 saturated carbocycles. The smallest absolute Gasteiger partial charge is 0.139 e. The maximum absolute atomic E-state index is 9.70. The van der Waals surface area contributed by atoms with Crippen LogP contribution in [0.25, 0.3) is 22.0 Å². The lowest BCUT2D eigenvalue weighted by molar-refractivity contribution is 0.415. The van der Waals surface area contributed by atoms with Gasteiger partial charge in [0.15, 0.2) is 0 Å². The van der Waals surface area contributed by atoms with Crippen LogP contribution < -0.4 is 10.1 Å². The molecule has 0 spiro atoms. The van der Waals surface area contributed by atoms with E-state index in [9.17, 15) is 5.26 Å². The second kappa shape index (κ2) is 9.63. The minimum Gasteiger partial charge on any atom is -0.495 e. The molecule has 7 nitrogen and oxygen atoms in total. The van der Waals surface area contributed by atoms with Gasteiger partial charge in [-0.3, -0.25) is 4.98 Å². The van der Waals surface area contributed by atoms with Crippen LogP contribution >= 0.6 is 23.2 Å². The summed E-state index contributed by atoms with van der Waals surface area (Å²) >= 11 is 12.6. The van der Waals surface area contributed by atoms with Crippen LogP contribution in [0.1, 0.15) is 11.1 Å². The highest BCUT2D eigenvalue weighted by molar-refractivity contribution is 6.37. The number of nitrogens with zero attached hydrogens (tertiary/aromatic N) is 5. The van der Waals surface area contributed by atoms with Crippen molar-refractivity contribution in [1.29, 1.82) is 5.26 Å². The van der Waals surface area contributed by atoms with Gasteiger partial charge >= 0.3 is 0 Å². The van der Waals surface area contributed by atoms with Crippen molar-refractivity contribution in [2.45, 2.75) is 6.54 Å². The van der Waals surface area contributed by atoms with Crippen molar-refractivity contribution in [2.75, 3.05) is 12.4 Å². The molecule has 0 aliphatic heterocycles. The van der Waals surface area contributed by atoms with Crippen molar-refractivity contribution >= 4 is 45.5 Å². The quantitative estimate of drug-likeness (QED) is 0.287. The minimum atomic E-state index is 0.396. The summed E-state index contributed by atoms with van der Waals surface area (Å²) in [5, 5.41) is 22.4. The first-order chi connectivity index (χ1) is 17.1. The number of halogens is 2. The van der Waals surface area contributed by atoms with Crippen molar-refractivity contribution in [2.24, 2.45) is 0 Å². The maximum Gasteiger partial charge on any atom is 0.139 e. The van der Waals surface area contributed by atoms with Gasteiger partial charge in [-0.05, 0) is 28.8 Å². The Morgan fingerprint density at radius 2 is 1.83 bits per heavy atom. The Morgan fingerprint density at radius 3 is 2.54 bits per heavy atom. The first-order valence-corrected chi connectivity index (χ1v) is 11.4. The molecule has 0 fully saturated rings. The first kappa shape index (κ1) is 22.7. The van der Waals surface area contributed by atoms with E-state index in [2.05, 4.69) is 50.9 Å². The van der Waals surface area contributed by atoms with E-state index in [-0.39, 0.29) is 0 Å². The largest absolute Gasteiger partial charge is 0.495 e. The fourth-order valence-corrected chi connectivity index (χ4v) is 4.32. The summed E-state index contributed by atoms with van der Waals surface area (Å²) < 4.78 is 7.09. The van der Waals surface area contributed by atoms with Gasteiger partial charge in [0.1, 0.15) is 11.8 Å². The van der Waals surface area contributed by atoms with Gasteiger partial charge < -0.3 is 10.1 Å². The van der Waals surface area contributed by atoms with Gasteiger partial charge in [-0.2, -0.15) is 5.26 Å². The van der Waals surface area contributed by atoms with Crippen molar-refractivity contribution in [1.82, 2.24) is 20.0 Å². The van der Waals surface area contributed by atoms with E-state index in [1.807, 2.05) is 24.4 Å². The Balaban J connectivity index is 1.50. The summed E-state index contributed by atoms with van der Waals surface area (Å²) in [4.78, 5) is 4.52. The zero-order chi connectivity index (χ0) is 24.4. The molecule has 2 aromatic heterocycles. The van der Waals surface area contributed by atoms with E-state index in [4.69, 9.17) is 27.9 Å². The van der Waals surface area contributed by atoms with Crippen molar-refractivity contribution in [3.8, 4) is 22.9 Å². The second-order valence-electron chi connectivity index (χ2n) is 7.78. The number of fused-ring (bicyclic) bond motifs is 1. The molecule has 0 aliphatic rings. The predicted molar refractivity (Wildman–Crippen MR) is 137 cm³/mol. The number of nitriles is 1. The van der Waals surface area contributed by atoms with Gasteiger partial charge in [-0.15, -0.1) is 5.10 Å². The van der Waals surface area contributed by atoms with Gasteiger partial charge in [0.25, 0.3) is 0 Å². The molecule has 3 aromatic carbocycles. The molecule has 0 aliphatic carbocycles. The maximum atomic E-state index is 9.70. The summed E-state index contributed by atoms with van der Waals surface area (Å²) in [5.41, 5.74) is 5.51. The van der Waals surface area contributed by atoms with Crippen LogP contribution in [-0.2, 0) is 6.54 Å². The van der Waals surface area contributed by atoms with Gasteiger partial charge in [0.05, 0.1) is 52.4 Å². The van der Waals surface area contributed by atoms with Crippen molar-refractivity contribution in [3.63, 3.8) is 0 Å². The number of ether oxygens (including phenoxy) is 1. The van der Waals surface area contributed by atoms with Gasteiger partial charge in [0.2, 0.25) is 0 Å².